The molecule has 2 aliphatic heterocycles. The average molecular weight is 275 g/mol. The molecule has 0 spiro atoms. The van der Waals surface area contributed by atoms with Crippen molar-refractivity contribution in [2.75, 3.05) is 13.1 Å². The third-order valence-electron chi connectivity index (χ3n) is 4.47. The molecule has 0 bridgehead atoms. The first-order chi connectivity index (χ1) is 9.42. The van der Waals surface area contributed by atoms with Crippen LogP contribution in [-0.2, 0) is 11.2 Å². The van der Waals surface area contributed by atoms with Gasteiger partial charge in [-0.3, -0.25) is 0 Å². The normalized spacial score (nSPS) is 31.7. The predicted octanol–water partition coefficient (Wildman–Crippen LogP) is 3.23. The van der Waals surface area contributed by atoms with Crippen molar-refractivity contribution >= 4 is 0 Å². The van der Waals surface area contributed by atoms with Crippen molar-refractivity contribution in [1.29, 1.82) is 0 Å². The third kappa shape index (κ3) is 2.45. The Bertz CT molecular complexity index is 512. The van der Waals surface area contributed by atoms with Crippen molar-refractivity contribution in [3.05, 3.63) is 29.3 Å². The van der Waals surface area contributed by atoms with Crippen LogP contribution in [0.1, 0.15) is 51.3 Å². The van der Waals surface area contributed by atoms with Crippen LogP contribution in [0.2, 0.25) is 0 Å². The summed E-state index contributed by atoms with van der Waals surface area (Å²) in [5, 5.41) is 3.51. The van der Waals surface area contributed by atoms with Gasteiger partial charge in [0.25, 0.3) is 0 Å². The van der Waals surface area contributed by atoms with E-state index in [-0.39, 0.29) is 17.3 Å². The lowest BCUT2D eigenvalue weighted by Gasteiger charge is -2.39. The van der Waals surface area contributed by atoms with Crippen LogP contribution in [-0.4, -0.2) is 24.3 Å². The zero-order chi connectivity index (χ0) is 14.4. The molecule has 2 aliphatic rings. The second-order valence-electron chi connectivity index (χ2n) is 6.91. The summed E-state index contributed by atoms with van der Waals surface area (Å²) in [5.41, 5.74) is 2.31. The van der Waals surface area contributed by atoms with Crippen molar-refractivity contribution in [1.82, 2.24) is 5.32 Å². The summed E-state index contributed by atoms with van der Waals surface area (Å²) >= 11 is 0. The molecule has 0 radical (unpaired) electrons. The van der Waals surface area contributed by atoms with Gasteiger partial charge in [0.1, 0.15) is 11.4 Å². The smallest absolute Gasteiger partial charge is 0.129 e. The van der Waals surface area contributed by atoms with Gasteiger partial charge in [0, 0.05) is 25.1 Å². The summed E-state index contributed by atoms with van der Waals surface area (Å²) < 4.78 is 12.5. The van der Waals surface area contributed by atoms with Crippen LogP contribution in [0, 0.1) is 0 Å². The van der Waals surface area contributed by atoms with E-state index in [4.69, 9.17) is 9.47 Å². The van der Waals surface area contributed by atoms with Gasteiger partial charge in [-0.05, 0) is 32.8 Å². The molecule has 2 unspecified atom stereocenters. The maximum absolute atomic E-state index is 6.36. The monoisotopic (exact) mass is 275 g/mol. The van der Waals surface area contributed by atoms with Crippen LogP contribution in [0.25, 0.3) is 0 Å². The van der Waals surface area contributed by atoms with E-state index < -0.39 is 0 Å². The Morgan fingerprint density at radius 3 is 2.85 bits per heavy atom. The number of benzene rings is 1. The fraction of sp³-hybridized carbons (Fsp3) is 0.647. The highest BCUT2D eigenvalue weighted by molar-refractivity contribution is 5.47. The van der Waals surface area contributed by atoms with E-state index in [0.29, 0.717) is 0 Å². The van der Waals surface area contributed by atoms with Crippen LogP contribution >= 0.6 is 0 Å². The predicted molar refractivity (Wildman–Crippen MR) is 80.2 cm³/mol. The Hall–Kier alpha value is -1.06. The molecule has 0 aromatic heterocycles. The standard InChI is InChI=1S/C17H25NO2/c1-5-17(4)11-18-10-14(19-17)13-8-6-7-12-9-16(2,3)20-15(12)13/h6-8,14,18H,5,9-11H2,1-4H3. The van der Waals surface area contributed by atoms with E-state index in [2.05, 4.69) is 51.2 Å². The number of nitrogens with one attached hydrogen (secondary N) is 1. The Balaban J connectivity index is 1.91. The summed E-state index contributed by atoms with van der Waals surface area (Å²) in [4.78, 5) is 0. The van der Waals surface area contributed by atoms with Gasteiger partial charge in [-0.2, -0.15) is 0 Å². The first kappa shape index (κ1) is 13.9. The van der Waals surface area contributed by atoms with Crippen molar-refractivity contribution < 1.29 is 9.47 Å². The number of fused-ring (bicyclic) bond motifs is 1. The molecular formula is C17H25NO2. The minimum absolute atomic E-state index is 0.0811. The van der Waals surface area contributed by atoms with Crippen LogP contribution in [0.3, 0.4) is 0 Å². The second-order valence-corrected chi connectivity index (χ2v) is 6.91. The van der Waals surface area contributed by atoms with Gasteiger partial charge in [0.2, 0.25) is 0 Å². The van der Waals surface area contributed by atoms with Crippen LogP contribution < -0.4 is 10.1 Å². The molecule has 1 aromatic carbocycles. The largest absolute Gasteiger partial charge is 0.487 e. The quantitative estimate of drug-likeness (QED) is 0.899. The zero-order valence-corrected chi connectivity index (χ0v) is 13.0. The fourth-order valence-electron chi connectivity index (χ4n) is 3.17. The van der Waals surface area contributed by atoms with Gasteiger partial charge in [-0.1, -0.05) is 25.1 Å². The van der Waals surface area contributed by atoms with Crippen molar-refractivity contribution in [3.63, 3.8) is 0 Å². The minimum Gasteiger partial charge on any atom is -0.487 e. The number of ether oxygens (including phenoxy) is 2. The molecule has 2 heterocycles. The summed E-state index contributed by atoms with van der Waals surface area (Å²) in [5.74, 6) is 1.05. The van der Waals surface area contributed by atoms with E-state index in [1.54, 1.807) is 0 Å². The molecule has 0 amide bonds. The molecule has 1 aromatic rings. The molecule has 1 saturated heterocycles. The summed E-state index contributed by atoms with van der Waals surface area (Å²) in [6.45, 7) is 10.4. The van der Waals surface area contributed by atoms with Crippen molar-refractivity contribution in [2.45, 2.75) is 57.8 Å². The highest BCUT2D eigenvalue weighted by Gasteiger charge is 2.37. The van der Waals surface area contributed by atoms with Crippen LogP contribution in [0.4, 0.5) is 0 Å². The van der Waals surface area contributed by atoms with Gasteiger partial charge < -0.3 is 14.8 Å². The van der Waals surface area contributed by atoms with Gasteiger partial charge in [0.15, 0.2) is 0 Å². The lowest BCUT2D eigenvalue weighted by molar-refractivity contribution is -0.110. The minimum atomic E-state index is -0.103. The summed E-state index contributed by atoms with van der Waals surface area (Å²) in [6.07, 6.45) is 2.07. The van der Waals surface area contributed by atoms with E-state index in [9.17, 15) is 0 Å². The molecule has 3 nitrogen and oxygen atoms in total. The molecule has 1 fully saturated rings. The maximum Gasteiger partial charge on any atom is 0.129 e. The zero-order valence-electron chi connectivity index (χ0n) is 13.0. The Kier molecular flexibility index (Phi) is 3.30. The third-order valence-corrected chi connectivity index (χ3v) is 4.47. The van der Waals surface area contributed by atoms with Gasteiger partial charge >= 0.3 is 0 Å². The van der Waals surface area contributed by atoms with Crippen LogP contribution in [0.15, 0.2) is 18.2 Å². The Morgan fingerprint density at radius 2 is 2.10 bits per heavy atom. The molecule has 0 saturated carbocycles. The number of hydrogen-bond acceptors (Lipinski definition) is 3. The second kappa shape index (κ2) is 4.74. The average Bonchev–Trinajstić information content (AvgIpc) is 2.72. The van der Waals surface area contributed by atoms with Gasteiger partial charge in [-0.15, -0.1) is 0 Å². The molecule has 3 heteroatoms. The maximum atomic E-state index is 6.36. The van der Waals surface area contributed by atoms with Gasteiger partial charge in [-0.25, -0.2) is 0 Å². The highest BCUT2D eigenvalue weighted by Crippen LogP contribution is 2.42. The number of morpholine rings is 1. The number of para-hydroxylation sites is 1. The van der Waals surface area contributed by atoms with Crippen molar-refractivity contribution in [2.24, 2.45) is 0 Å². The summed E-state index contributed by atoms with van der Waals surface area (Å²) in [7, 11) is 0. The van der Waals surface area contributed by atoms with Crippen LogP contribution in [0.5, 0.6) is 5.75 Å². The lowest BCUT2D eigenvalue weighted by atomic mass is 9.96. The van der Waals surface area contributed by atoms with Crippen molar-refractivity contribution in [3.8, 4) is 5.75 Å². The number of rotatable bonds is 2. The fourth-order valence-corrected chi connectivity index (χ4v) is 3.17. The van der Waals surface area contributed by atoms with E-state index >= 15 is 0 Å². The van der Waals surface area contributed by atoms with E-state index in [1.165, 1.54) is 11.1 Å². The first-order valence-corrected chi connectivity index (χ1v) is 7.62. The molecule has 110 valence electrons. The molecular weight excluding hydrogens is 250 g/mol. The van der Waals surface area contributed by atoms with E-state index in [0.717, 1.165) is 31.7 Å². The first-order valence-electron chi connectivity index (χ1n) is 7.62. The molecule has 0 aliphatic carbocycles. The molecule has 3 rings (SSSR count). The SMILES string of the molecule is CCC1(C)CNCC(c2cccc3c2OC(C)(C)C3)O1. The molecule has 2 atom stereocenters. The van der Waals surface area contributed by atoms with E-state index in [1.807, 2.05) is 0 Å². The Morgan fingerprint density at radius 1 is 1.30 bits per heavy atom. The lowest BCUT2D eigenvalue weighted by Crippen LogP contribution is -2.48. The highest BCUT2D eigenvalue weighted by atomic mass is 16.5. The topological polar surface area (TPSA) is 30.5 Å². The Labute approximate surface area is 121 Å². The molecule has 1 N–H and O–H groups in total. The van der Waals surface area contributed by atoms with Gasteiger partial charge in [0.05, 0.1) is 11.7 Å². The summed E-state index contributed by atoms with van der Waals surface area (Å²) in [6, 6.07) is 6.44. The molecule has 20 heavy (non-hydrogen) atoms. The number of hydrogen-bond donors (Lipinski definition) is 1.